The minimum atomic E-state index is -0.493. The molecule has 0 spiro atoms. The molecule has 0 unspecified atom stereocenters. The van der Waals surface area contributed by atoms with Gasteiger partial charge in [0.15, 0.2) is 5.69 Å². The van der Waals surface area contributed by atoms with Crippen molar-refractivity contribution in [3.05, 3.63) is 46.2 Å². The van der Waals surface area contributed by atoms with Crippen LogP contribution < -0.4 is 0 Å². The highest BCUT2D eigenvalue weighted by atomic mass is 35.5. The number of hydrogen-bond donors (Lipinski definition) is 0. The number of ether oxygens (including phenoxy) is 2. The van der Waals surface area contributed by atoms with Gasteiger partial charge in [-0.15, -0.1) is 0 Å². The number of fused-ring (bicyclic) bond motifs is 1. The number of rotatable bonds is 6. The van der Waals surface area contributed by atoms with E-state index in [1.165, 1.54) is 0 Å². The molecule has 0 fully saturated rings. The molecule has 0 bridgehead atoms. The van der Waals surface area contributed by atoms with Gasteiger partial charge in [0.2, 0.25) is 0 Å². The van der Waals surface area contributed by atoms with Crippen molar-refractivity contribution in [3.8, 4) is 5.69 Å². The van der Waals surface area contributed by atoms with Crippen LogP contribution in [0.4, 0.5) is 4.79 Å². The predicted octanol–water partition coefficient (Wildman–Crippen LogP) is 4.00. The molecule has 0 N–H and O–H groups in total. The number of esters is 1. The van der Waals surface area contributed by atoms with Gasteiger partial charge in [-0.25, -0.2) is 14.3 Å². The number of nitrogens with zero attached hydrogens (tertiary/aromatic N) is 3. The predicted molar refractivity (Wildman–Crippen MR) is 105 cm³/mol. The second kappa shape index (κ2) is 9.10. The van der Waals surface area contributed by atoms with Crippen LogP contribution in [0.15, 0.2) is 24.3 Å². The lowest BCUT2D eigenvalue weighted by molar-refractivity contribution is 0.0514. The number of carbonyl (C=O) groups excluding carboxylic acids is 2. The molecule has 1 aliphatic heterocycles. The molecule has 1 aliphatic rings. The minimum Gasteiger partial charge on any atom is -0.461 e. The van der Waals surface area contributed by atoms with Gasteiger partial charge in [-0.3, -0.25) is 0 Å². The third-order valence-corrected chi connectivity index (χ3v) is 4.83. The van der Waals surface area contributed by atoms with E-state index < -0.39 is 5.97 Å². The summed E-state index contributed by atoms with van der Waals surface area (Å²) in [5.74, 6) is -0.493. The van der Waals surface area contributed by atoms with Crippen LogP contribution in [0.3, 0.4) is 0 Å². The zero-order chi connectivity index (χ0) is 20.1. The Hall–Kier alpha value is -2.54. The topological polar surface area (TPSA) is 73.7 Å². The third kappa shape index (κ3) is 4.30. The summed E-state index contributed by atoms with van der Waals surface area (Å²) in [7, 11) is 0. The molecular formula is C20H24ClN3O4. The van der Waals surface area contributed by atoms with Crippen LogP contribution >= 0.6 is 11.6 Å². The highest BCUT2D eigenvalue weighted by molar-refractivity contribution is 6.30. The Morgan fingerprint density at radius 3 is 2.61 bits per heavy atom. The number of amides is 1. The number of halogens is 1. The molecule has 8 heteroatoms. The minimum absolute atomic E-state index is 0.234. The SMILES string of the molecule is CCCCOC(=O)N1CCc2c(c(C(=O)OCC)nn2-c2ccc(Cl)cc2)C1. The van der Waals surface area contributed by atoms with Crippen LogP contribution in [0.25, 0.3) is 5.69 Å². The molecule has 150 valence electrons. The van der Waals surface area contributed by atoms with E-state index in [4.69, 9.17) is 21.1 Å². The van der Waals surface area contributed by atoms with Gasteiger partial charge in [0.1, 0.15) is 0 Å². The molecule has 0 aliphatic carbocycles. The molecule has 2 aromatic rings. The van der Waals surface area contributed by atoms with E-state index >= 15 is 0 Å². The van der Waals surface area contributed by atoms with E-state index in [1.54, 1.807) is 28.6 Å². The highest BCUT2D eigenvalue weighted by Gasteiger charge is 2.31. The van der Waals surface area contributed by atoms with Crippen LogP contribution in [0.5, 0.6) is 0 Å². The summed E-state index contributed by atoms with van der Waals surface area (Å²) in [6.45, 7) is 5.20. The van der Waals surface area contributed by atoms with E-state index in [0.29, 0.717) is 30.2 Å². The molecule has 0 atom stereocenters. The van der Waals surface area contributed by atoms with Crippen molar-refractivity contribution in [2.75, 3.05) is 19.8 Å². The maximum Gasteiger partial charge on any atom is 0.410 e. The number of hydrogen-bond acceptors (Lipinski definition) is 5. The zero-order valence-electron chi connectivity index (χ0n) is 16.1. The maximum atomic E-state index is 12.4. The van der Waals surface area contributed by atoms with Crippen molar-refractivity contribution in [2.24, 2.45) is 0 Å². The van der Waals surface area contributed by atoms with Gasteiger partial charge in [-0.1, -0.05) is 24.9 Å². The van der Waals surface area contributed by atoms with E-state index in [2.05, 4.69) is 5.10 Å². The summed E-state index contributed by atoms with van der Waals surface area (Å²) in [6, 6.07) is 7.23. The Morgan fingerprint density at radius 1 is 1.18 bits per heavy atom. The van der Waals surface area contributed by atoms with Crippen molar-refractivity contribution in [1.82, 2.24) is 14.7 Å². The molecular weight excluding hydrogens is 382 g/mol. The Balaban J connectivity index is 1.91. The van der Waals surface area contributed by atoms with Crippen molar-refractivity contribution in [3.63, 3.8) is 0 Å². The van der Waals surface area contributed by atoms with E-state index in [9.17, 15) is 9.59 Å². The average molecular weight is 406 g/mol. The molecule has 1 amide bonds. The molecule has 3 rings (SSSR count). The fourth-order valence-electron chi connectivity index (χ4n) is 3.13. The van der Waals surface area contributed by atoms with Gasteiger partial charge in [-0.2, -0.15) is 5.10 Å². The summed E-state index contributed by atoms with van der Waals surface area (Å²) >= 11 is 5.98. The molecule has 2 heterocycles. The first-order chi connectivity index (χ1) is 13.5. The second-order valence-electron chi connectivity index (χ2n) is 6.52. The summed E-state index contributed by atoms with van der Waals surface area (Å²) in [5.41, 5.74) is 2.63. The van der Waals surface area contributed by atoms with Crippen molar-refractivity contribution in [1.29, 1.82) is 0 Å². The van der Waals surface area contributed by atoms with Gasteiger partial charge in [0, 0.05) is 23.6 Å². The van der Waals surface area contributed by atoms with Gasteiger partial charge < -0.3 is 14.4 Å². The monoisotopic (exact) mass is 405 g/mol. The van der Waals surface area contributed by atoms with Gasteiger partial charge in [0.05, 0.1) is 31.1 Å². The third-order valence-electron chi connectivity index (χ3n) is 4.58. The van der Waals surface area contributed by atoms with Crippen molar-refractivity contribution < 1.29 is 19.1 Å². The first-order valence-electron chi connectivity index (χ1n) is 9.50. The fraction of sp³-hybridized carbons (Fsp3) is 0.450. The zero-order valence-corrected chi connectivity index (χ0v) is 16.9. The molecule has 0 radical (unpaired) electrons. The van der Waals surface area contributed by atoms with Crippen LogP contribution in [-0.2, 0) is 22.4 Å². The molecule has 0 saturated heterocycles. The van der Waals surface area contributed by atoms with E-state index in [1.807, 2.05) is 19.1 Å². The lowest BCUT2D eigenvalue weighted by atomic mass is 10.1. The van der Waals surface area contributed by atoms with Gasteiger partial charge in [-0.05, 0) is 37.6 Å². The normalized spacial score (nSPS) is 13.2. The lowest BCUT2D eigenvalue weighted by Crippen LogP contribution is -2.37. The molecule has 28 heavy (non-hydrogen) atoms. The first kappa shape index (κ1) is 20.2. The van der Waals surface area contributed by atoms with Gasteiger partial charge in [0.25, 0.3) is 0 Å². The Bertz CT molecular complexity index is 848. The Labute approximate surface area is 169 Å². The highest BCUT2D eigenvalue weighted by Crippen LogP contribution is 2.27. The Morgan fingerprint density at radius 2 is 1.93 bits per heavy atom. The molecule has 1 aromatic carbocycles. The van der Waals surface area contributed by atoms with Crippen LogP contribution in [-0.4, -0.2) is 46.5 Å². The summed E-state index contributed by atoms with van der Waals surface area (Å²) in [5, 5.41) is 5.12. The van der Waals surface area contributed by atoms with E-state index in [0.717, 1.165) is 24.2 Å². The summed E-state index contributed by atoms with van der Waals surface area (Å²) < 4.78 is 12.2. The quantitative estimate of drug-likeness (QED) is 0.536. The van der Waals surface area contributed by atoms with E-state index in [-0.39, 0.29) is 24.9 Å². The van der Waals surface area contributed by atoms with Crippen LogP contribution in [0.2, 0.25) is 5.02 Å². The molecule has 1 aromatic heterocycles. The largest absolute Gasteiger partial charge is 0.461 e. The smallest absolute Gasteiger partial charge is 0.410 e. The number of unbranched alkanes of at least 4 members (excludes halogenated alkanes) is 1. The number of carbonyl (C=O) groups is 2. The summed E-state index contributed by atoms with van der Waals surface area (Å²) in [4.78, 5) is 26.4. The van der Waals surface area contributed by atoms with Gasteiger partial charge >= 0.3 is 12.1 Å². The Kier molecular flexibility index (Phi) is 6.57. The number of aromatic nitrogens is 2. The second-order valence-corrected chi connectivity index (χ2v) is 6.96. The van der Waals surface area contributed by atoms with Crippen molar-refractivity contribution in [2.45, 2.75) is 39.7 Å². The molecule has 0 saturated carbocycles. The summed E-state index contributed by atoms with van der Waals surface area (Å²) in [6.07, 6.45) is 1.98. The first-order valence-corrected chi connectivity index (χ1v) is 9.88. The van der Waals surface area contributed by atoms with Crippen LogP contribution in [0.1, 0.15) is 48.4 Å². The molecule has 7 nitrogen and oxygen atoms in total. The maximum absolute atomic E-state index is 12.4. The number of benzene rings is 1. The fourth-order valence-corrected chi connectivity index (χ4v) is 3.26. The lowest BCUT2D eigenvalue weighted by Gasteiger charge is -2.27. The van der Waals surface area contributed by atoms with Crippen molar-refractivity contribution >= 4 is 23.7 Å². The average Bonchev–Trinajstić information content (AvgIpc) is 3.08. The van der Waals surface area contributed by atoms with Crippen LogP contribution in [0, 0.1) is 0 Å². The standard InChI is InChI=1S/C20H24ClN3O4/c1-3-5-12-28-20(26)23-11-10-17-16(13-23)18(19(25)27-4-2)22-24(17)15-8-6-14(21)7-9-15/h6-9H,3-5,10-13H2,1-2H3.